The number of nitrogens with one attached hydrogen (secondary N) is 1. The molecule has 138 valence electrons. The molecule has 1 saturated heterocycles. The molecule has 2 aromatic carbocycles. The van der Waals surface area contributed by atoms with Gasteiger partial charge in [-0.3, -0.25) is 9.69 Å². The normalized spacial score (nSPS) is 18.0. The number of anilines is 2. The highest BCUT2D eigenvalue weighted by Gasteiger charge is 2.25. The van der Waals surface area contributed by atoms with Crippen molar-refractivity contribution in [2.75, 3.05) is 36.4 Å². The van der Waals surface area contributed by atoms with Crippen molar-refractivity contribution in [3.8, 4) is 0 Å². The van der Waals surface area contributed by atoms with Crippen LogP contribution in [0.2, 0.25) is 0 Å². The van der Waals surface area contributed by atoms with Gasteiger partial charge in [-0.05, 0) is 57.0 Å². The smallest absolute Gasteiger partial charge is 0.238 e. The highest BCUT2D eigenvalue weighted by molar-refractivity contribution is 5.93. The zero-order chi connectivity index (χ0) is 18.7. The molecule has 1 fully saturated rings. The average Bonchev–Trinajstić information content (AvgIpc) is 2.60. The largest absolute Gasteiger partial charge is 0.366 e. The van der Waals surface area contributed by atoms with Crippen molar-refractivity contribution in [3.63, 3.8) is 0 Å². The summed E-state index contributed by atoms with van der Waals surface area (Å²) < 4.78 is 0. The number of nitrogens with zero attached hydrogens (tertiary/aromatic N) is 2. The summed E-state index contributed by atoms with van der Waals surface area (Å²) >= 11 is 0. The number of hydrogen-bond acceptors (Lipinski definition) is 3. The lowest BCUT2D eigenvalue weighted by Crippen LogP contribution is -2.53. The standard InChI is InChI=1S/C22H29N3O/c1-16-8-10-20(11-9-16)25-13-12-24(14-18(25)3)15-22(26)23-21-7-5-6-17(2)19(21)4/h5-11,18H,12-15H2,1-4H3,(H,23,26)/t18-/m1/s1. The number of piperazine rings is 1. The van der Waals surface area contributed by atoms with Gasteiger partial charge in [-0.15, -0.1) is 0 Å². The predicted octanol–water partition coefficient (Wildman–Crippen LogP) is 3.76. The van der Waals surface area contributed by atoms with E-state index in [1.165, 1.54) is 16.8 Å². The minimum atomic E-state index is 0.0645. The Balaban J connectivity index is 1.56. The highest BCUT2D eigenvalue weighted by Crippen LogP contribution is 2.21. The molecule has 1 N–H and O–H groups in total. The first-order chi connectivity index (χ1) is 12.4. The van der Waals surface area contributed by atoms with Gasteiger partial charge in [-0.1, -0.05) is 29.8 Å². The summed E-state index contributed by atoms with van der Waals surface area (Å²) in [6, 6.07) is 15.1. The van der Waals surface area contributed by atoms with E-state index >= 15 is 0 Å². The summed E-state index contributed by atoms with van der Waals surface area (Å²) in [6.45, 7) is 11.6. The van der Waals surface area contributed by atoms with Crippen LogP contribution in [-0.2, 0) is 4.79 Å². The van der Waals surface area contributed by atoms with Crippen LogP contribution in [0.5, 0.6) is 0 Å². The van der Waals surface area contributed by atoms with Gasteiger partial charge >= 0.3 is 0 Å². The third-order valence-corrected chi connectivity index (χ3v) is 5.32. The maximum Gasteiger partial charge on any atom is 0.238 e. The Hall–Kier alpha value is -2.33. The molecule has 2 aromatic rings. The molecule has 0 saturated carbocycles. The first-order valence-electron chi connectivity index (χ1n) is 9.36. The molecule has 3 rings (SSSR count). The van der Waals surface area contributed by atoms with E-state index in [4.69, 9.17) is 0 Å². The third-order valence-electron chi connectivity index (χ3n) is 5.32. The summed E-state index contributed by atoms with van der Waals surface area (Å²) in [5.41, 5.74) is 5.80. The molecule has 1 aliphatic rings. The fraction of sp³-hybridized carbons (Fsp3) is 0.409. The SMILES string of the molecule is Cc1ccc(N2CCN(CC(=O)Nc3cccc(C)c3C)C[C@H]2C)cc1. The van der Waals surface area contributed by atoms with E-state index < -0.39 is 0 Å². The van der Waals surface area contributed by atoms with E-state index in [2.05, 4.69) is 66.2 Å². The Kier molecular flexibility index (Phi) is 5.62. The Bertz CT molecular complexity index is 769. The topological polar surface area (TPSA) is 35.6 Å². The van der Waals surface area contributed by atoms with E-state index in [1.54, 1.807) is 0 Å². The molecule has 1 amide bonds. The molecule has 4 nitrogen and oxygen atoms in total. The zero-order valence-electron chi connectivity index (χ0n) is 16.2. The summed E-state index contributed by atoms with van der Waals surface area (Å²) in [4.78, 5) is 17.1. The van der Waals surface area contributed by atoms with Gasteiger partial charge in [-0.25, -0.2) is 0 Å². The summed E-state index contributed by atoms with van der Waals surface area (Å²) in [5, 5.41) is 3.07. The molecule has 0 aromatic heterocycles. The molecule has 0 bridgehead atoms. The monoisotopic (exact) mass is 351 g/mol. The molecule has 0 radical (unpaired) electrons. The van der Waals surface area contributed by atoms with Crippen LogP contribution in [0, 0.1) is 20.8 Å². The van der Waals surface area contributed by atoms with E-state index in [1.807, 2.05) is 19.1 Å². The first kappa shape index (κ1) is 18.5. The zero-order valence-corrected chi connectivity index (χ0v) is 16.2. The van der Waals surface area contributed by atoms with E-state index in [0.717, 1.165) is 30.9 Å². The number of hydrogen-bond donors (Lipinski definition) is 1. The van der Waals surface area contributed by atoms with E-state index in [9.17, 15) is 4.79 Å². The molecule has 0 unspecified atom stereocenters. The molecule has 1 aliphatic heterocycles. The number of rotatable bonds is 4. The third kappa shape index (κ3) is 4.25. The molecule has 1 atom stereocenters. The maximum atomic E-state index is 12.5. The van der Waals surface area contributed by atoms with Crippen LogP contribution >= 0.6 is 0 Å². The molecular weight excluding hydrogens is 322 g/mol. The van der Waals surface area contributed by atoms with Crippen molar-refractivity contribution in [2.24, 2.45) is 0 Å². The van der Waals surface area contributed by atoms with Crippen molar-refractivity contribution >= 4 is 17.3 Å². The average molecular weight is 351 g/mol. The lowest BCUT2D eigenvalue weighted by atomic mass is 10.1. The fourth-order valence-corrected chi connectivity index (χ4v) is 3.58. The van der Waals surface area contributed by atoms with Gasteiger partial charge in [-0.2, -0.15) is 0 Å². The van der Waals surface area contributed by atoms with Gasteiger partial charge in [0.15, 0.2) is 0 Å². The second-order valence-electron chi connectivity index (χ2n) is 7.41. The predicted molar refractivity (Wildman–Crippen MR) is 109 cm³/mol. The Labute approximate surface area is 156 Å². The van der Waals surface area contributed by atoms with Gasteiger partial charge in [0.05, 0.1) is 6.54 Å². The van der Waals surface area contributed by atoms with Gasteiger partial charge < -0.3 is 10.2 Å². The van der Waals surface area contributed by atoms with Gasteiger partial charge in [0, 0.05) is 37.1 Å². The Morgan fingerprint density at radius 1 is 1.08 bits per heavy atom. The highest BCUT2D eigenvalue weighted by atomic mass is 16.2. The molecule has 4 heteroatoms. The number of benzene rings is 2. The number of aryl methyl sites for hydroxylation is 2. The fourth-order valence-electron chi connectivity index (χ4n) is 3.58. The lowest BCUT2D eigenvalue weighted by Gasteiger charge is -2.41. The van der Waals surface area contributed by atoms with Crippen molar-refractivity contribution < 1.29 is 4.79 Å². The van der Waals surface area contributed by atoms with E-state index in [0.29, 0.717) is 12.6 Å². The van der Waals surface area contributed by atoms with Crippen LogP contribution in [0.15, 0.2) is 42.5 Å². The minimum Gasteiger partial charge on any atom is -0.366 e. The summed E-state index contributed by atoms with van der Waals surface area (Å²) in [6.07, 6.45) is 0. The number of amides is 1. The second kappa shape index (κ2) is 7.92. The van der Waals surface area contributed by atoms with Gasteiger partial charge in [0.25, 0.3) is 0 Å². The van der Waals surface area contributed by atoms with Crippen molar-refractivity contribution in [1.82, 2.24) is 4.90 Å². The summed E-state index contributed by atoms with van der Waals surface area (Å²) in [5.74, 6) is 0.0645. The van der Waals surface area contributed by atoms with Crippen molar-refractivity contribution in [3.05, 3.63) is 59.2 Å². The van der Waals surface area contributed by atoms with E-state index in [-0.39, 0.29) is 5.91 Å². The van der Waals surface area contributed by atoms with Crippen LogP contribution in [0.4, 0.5) is 11.4 Å². The van der Waals surface area contributed by atoms with Gasteiger partial charge in [0.2, 0.25) is 5.91 Å². The van der Waals surface area contributed by atoms with Crippen LogP contribution in [0.1, 0.15) is 23.6 Å². The molecule has 1 heterocycles. The van der Waals surface area contributed by atoms with Crippen LogP contribution in [0.25, 0.3) is 0 Å². The number of carbonyl (C=O) groups is 1. The molecule has 26 heavy (non-hydrogen) atoms. The van der Waals surface area contributed by atoms with Crippen LogP contribution < -0.4 is 10.2 Å². The molecule has 0 aliphatic carbocycles. The lowest BCUT2D eigenvalue weighted by molar-refractivity contribution is -0.117. The van der Waals surface area contributed by atoms with Gasteiger partial charge in [0.1, 0.15) is 0 Å². The number of carbonyl (C=O) groups excluding carboxylic acids is 1. The second-order valence-corrected chi connectivity index (χ2v) is 7.41. The quantitative estimate of drug-likeness (QED) is 0.911. The molecular formula is C22H29N3O. The first-order valence-corrected chi connectivity index (χ1v) is 9.36. The summed E-state index contributed by atoms with van der Waals surface area (Å²) in [7, 11) is 0. The van der Waals surface area contributed by atoms with Crippen molar-refractivity contribution in [2.45, 2.75) is 33.7 Å². The molecule has 0 spiro atoms. The maximum absolute atomic E-state index is 12.5. The van der Waals surface area contributed by atoms with Crippen LogP contribution in [0.3, 0.4) is 0 Å². The Morgan fingerprint density at radius 3 is 2.50 bits per heavy atom. The minimum absolute atomic E-state index is 0.0645. The Morgan fingerprint density at radius 2 is 1.81 bits per heavy atom. The van der Waals surface area contributed by atoms with Crippen LogP contribution in [-0.4, -0.2) is 43.0 Å². The van der Waals surface area contributed by atoms with Crippen molar-refractivity contribution in [1.29, 1.82) is 0 Å².